The van der Waals surface area contributed by atoms with Crippen LogP contribution in [0, 0.1) is 0 Å². The van der Waals surface area contributed by atoms with Crippen molar-refractivity contribution in [2.45, 2.75) is 32.1 Å². The Hall–Kier alpha value is -6.84. The fraction of sp³-hybridized carbons (Fsp3) is 0.0943. The highest BCUT2D eigenvalue weighted by Crippen LogP contribution is 2.49. The molecular formula is C53H39N3. The topological polar surface area (TPSA) is 30.7 Å². The summed E-state index contributed by atoms with van der Waals surface area (Å²) in [5, 5.41) is 3.71. The van der Waals surface area contributed by atoms with Gasteiger partial charge in [0.05, 0.1) is 16.9 Å². The maximum atomic E-state index is 5.26. The number of fused-ring (bicyclic) bond motifs is 7. The SMILES string of the molecule is CC1(C)c2ccccc2-c2cc(-c3cc(-c4ccc(-c5ccc(-n6c7c(c8ccccc86)CCC=C7)cc5)c5ccccc45)nc(-c4ccccc4)n3)ccc21. The van der Waals surface area contributed by atoms with Crippen molar-refractivity contribution < 1.29 is 0 Å². The lowest BCUT2D eigenvalue weighted by Gasteiger charge is -2.21. The zero-order valence-electron chi connectivity index (χ0n) is 31.5. The van der Waals surface area contributed by atoms with Crippen molar-refractivity contribution in [3.63, 3.8) is 0 Å². The predicted octanol–water partition coefficient (Wildman–Crippen LogP) is 13.5. The quantitative estimate of drug-likeness (QED) is 0.177. The van der Waals surface area contributed by atoms with E-state index < -0.39 is 0 Å². The van der Waals surface area contributed by atoms with Crippen LogP contribution in [0.2, 0.25) is 0 Å². The Kier molecular flexibility index (Phi) is 7.34. The first-order chi connectivity index (χ1) is 27.5. The number of aromatic nitrogens is 3. The van der Waals surface area contributed by atoms with Crippen molar-refractivity contribution in [3.8, 4) is 61.8 Å². The Bertz CT molecular complexity index is 3040. The highest BCUT2D eigenvalue weighted by molar-refractivity contribution is 6.05. The molecule has 11 rings (SSSR count). The second-order valence-electron chi connectivity index (χ2n) is 15.7. The third kappa shape index (κ3) is 5.04. The van der Waals surface area contributed by atoms with Crippen molar-refractivity contribution in [2.75, 3.05) is 0 Å². The predicted molar refractivity (Wildman–Crippen MR) is 233 cm³/mol. The average molecular weight is 718 g/mol. The molecule has 0 radical (unpaired) electrons. The molecule has 3 nitrogen and oxygen atoms in total. The number of hydrogen-bond acceptors (Lipinski definition) is 2. The summed E-state index contributed by atoms with van der Waals surface area (Å²) in [5.41, 5.74) is 17.8. The fourth-order valence-corrected chi connectivity index (χ4v) is 9.36. The molecule has 2 aliphatic rings. The van der Waals surface area contributed by atoms with E-state index in [1.165, 1.54) is 66.6 Å². The smallest absolute Gasteiger partial charge is 0.160 e. The monoisotopic (exact) mass is 717 g/mol. The molecule has 9 aromatic rings. The summed E-state index contributed by atoms with van der Waals surface area (Å²) in [4.78, 5) is 10.5. The molecule has 7 aromatic carbocycles. The summed E-state index contributed by atoms with van der Waals surface area (Å²) >= 11 is 0. The summed E-state index contributed by atoms with van der Waals surface area (Å²) in [6.45, 7) is 4.65. The molecule has 2 heterocycles. The van der Waals surface area contributed by atoms with Gasteiger partial charge in [-0.25, -0.2) is 9.97 Å². The highest BCUT2D eigenvalue weighted by atomic mass is 15.0. The van der Waals surface area contributed by atoms with Crippen molar-refractivity contribution in [1.29, 1.82) is 0 Å². The molecule has 0 atom stereocenters. The van der Waals surface area contributed by atoms with E-state index in [0.717, 1.165) is 52.1 Å². The van der Waals surface area contributed by atoms with Gasteiger partial charge in [-0.1, -0.05) is 153 Å². The van der Waals surface area contributed by atoms with Gasteiger partial charge in [-0.05, 0) is 99.0 Å². The zero-order valence-corrected chi connectivity index (χ0v) is 31.5. The molecule has 0 spiro atoms. The van der Waals surface area contributed by atoms with Crippen molar-refractivity contribution in [3.05, 3.63) is 192 Å². The number of hydrogen-bond donors (Lipinski definition) is 0. The Balaban J connectivity index is 1.03. The van der Waals surface area contributed by atoms with Crippen LogP contribution in [0.1, 0.15) is 42.7 Å². The largest absolute Gasteiger partial charge is 0.310 e. The van der Waals surface area contributed by atoms with Gasteiger partial charge in [0.15, 0.2) is 5.82 Å². The maximum Gasteiger partial charge on any atom is 0.160 e. The van der Waals surface area contributed by atoms with Crippen LogP contribution in [-0.4, -0.2) is 14.5 Å². The minimum atomic E-state index is -0.0507. The number of aryl methyl sites for hydroxylation is 1. The summed E-state index contributed by atoms with van der Waals surface area (Å²) in [7, 11) is 0. The second kappa shape index (κ2) is 12.6. The molecule has 2 aromatic heterocycles. The molecule has 0 unspecified atom stereocenters. The Morgan fingerprint density at radius 3 is 2.00 bits per heavy atom. The number of nitrogens with zero attached hydrogens (tertiary/aromatic N) is 3. The van der Waals surface area contributed by atoms with Crippen molar-refractivity contribution >= 4 is 27.8 Å². The first-order valence-corrected chi connectivity index (χ1v) is 19.6. The van der Waals surface area contributed by atoms with Crippen LogP contribution in [0.3, 0.4) is 0 Å². The molecule has 0 saturated carbocycles. The van der Waals surface area contributed by atoms with Gasteiger partial charge in [0, 0.05) is 38.9 Å². The molecule has 3 heteroatoms. The average Bonchev–Trinajstić information content (AvgIpc) is 3.71. The third-order valence-corrected chi connectivity index (χ3v) is 12.1. The minimum absolute atomic E-state index is 0.0507. The van der Waals surface area contributed by atoms with E-state index >= 15 is 0 Å². The molecule has 0 amide bonds. The number of benzene rings is 7. The molecule has 56 heavy (non-hydrogen) atoms. The molecule has 266 valence electrons. The third-order valence-electron chi connectivity index (χ3n) is 12.1. The van der Waals surface area contributed by atoms with Crippen molar-refractivity contribution in [2.24, 2.45) is 0 Å². The van der Waals surface area contributed by atoms with Gasteiger partial charge < -0.3 is 4.57 Å². The Morgan fingerprint density at radius 2 is 1.16 bits per heavy atom. The summed E-state index contributed by atoms with van der Waals surface area (Å²) < 4.78 is 2.42. The van der Waals surface area contributed by atoms with E-state index in [0.29, 0.717) is 0 Å². The van der Waals surface area contributed by atoms with Crippen LogP contribution in [0.25, 0.3) is 89.6 Å². The molecule has 0 fully saturated rings. The fourth-order valence-electron chi connectivity index (χ4n) is 9.36. The second-order valence-corrected chi connectivity index (χ2v) is 15.7. The molecular weight excluding hydrogens is 679 g/mol. The van der Waals surface area contributed by atoms with Crippen LogP contribution >= 0.6 is 0 Å². The molecule has 2 aliphatic carbocycles. The highest BCUT2D eigenvalue weighted by Gasteiger charge is 2.35. The first kappa shape index (κ1) is 32.6. The van der Waals surface area contributed by atoms with Gasteiger partial charge in [0.25, 0.3) is 0 Å². The van der Waals surface area contributed by atoms with Crippen LogP contribution in [0.4, 0.5) is 0 Å². The summed E-state index contributed by atoms with van der Waals surface area (Å²) in [6, 6.07) is 59.3. The van der Waals surface area contributed by atoms with Gasteiger partial charge in [-0.3, -0.25) is 0 Å². The van der Waals surface area contributed by atoms with E-state index in [1.54, 1.807) is 0 Å². The number of allylic oxidation sites excluding steroid dienone is 1. The number of para-hydroxylation sites is 1. The van der Waals surface area contributed by atoms with Crippen LogP contribution < -0.4 is 0 Å². The lowest BCUT2D eigenvalue weighted by atomic mass is 9.82. The van der Waals surface area contributed by atoms with Gasteiger partial charge in [-0.2, -0.15) is 0 Å². The van der Waals surface area contributed by atoms with E-state index in [-0.39, 0.29) is 5.41 Å². The molecule has 0 saturated heterocycles. The van der Waals surface area contributed by atoms with Crippen molar-refractivity contribution in [1.82, 2.24) is 14.5 Å². The van der Waals surface area contributed by atoms with Crippen LogP contribution in [0.5, 0.6) is 0 Å². The molecule has 0 N–H and O–H groups in total. The van der Waals surface area contributed by atoms with Gasteiger partial charge in [0.1, 0.15) is 0 Å². The van der Waals surface area contributed by atoms with E-state index in [4.69, 9.17) is 9.97 Å². The summed E-state index contributed by atoms with van der Waals surface area (Å²) in [6.07, 6.45) is 6.77. The molecule has 0 bridgehead atoms. The van der Waals surface area contributed by atoms with Crippen LogP contribution in [-0.2, 0) is 11.8 Å². The van der Waals surface area contributed by atoms with E-state index in [2.05, 4.69) is 188 Å². The Morgan fingerprint density at radius 1 is 0.500 bits per heavy atom. The van der Waals surface area contributed by atoms with E-state index in [1.807, 2.05) is 6.07 Å². The Labute approximate surface area is 327 Å². The maximum absolute atomic E-state index is 5.26. The van der Waals surface area contributed by atoms with E-state index in [9.17, 15) is 0 Å². The van der Waals surface area contributed by atoms with Gasteiger partial charge in [-0.15, -0.1) is 0 Å². The zero-order chi connectivity index (χ0) is 37.4. The van der Waals surface area contributed by atoms with Crippen LogP contribution in [0.15, 0.2) is 170 Å². The first-order valence-electron chi connectivity index (χ1n) is 19.6. The molecule has 0 aliphatic heterocycles. The standard InChI is InChI=1S/C53H39N3/c1-53(2)46-21-11-8-18-41(46)45-32-36(26-31-47(45)53)48-33-49(55-52(54-48)35-14-4-3-5-15-35)42-30-29-38(39-16-6-7-17-40(39)42)34-24-27-37(28-25-34)56-50-22-12-9-19-43(50)44-20-10-13-23-51(44)56/h3-9,11-19,21-33H,10,20H2,1-2H3. The lowest BCUT2D eigenvalue weighted by molar-refractivity contribution is 0.660. The minimum Gasteiger partial charge on any atom is -0.310 e. The van der Waals surface area contributed by atoms with Gasteiger partial charge >= 0.3 is 0 Å². The normalized spacial score (nSPS) is 13.8. The summed E-state index contributed by atoms with van der Waals surface area (Å²) in [5.74, 6) is 0.720. The number of rotatable bonds is 5. The van der Waals surface area contributed by atoms with Gasteiger partial charge in [0.2, 0.25) is 0 Å². The lowest BCUT2D eigenvalue weighted by Crippen LogP contribution is -2.14.